The molecular weight excluding hydrogens is 200 g/mol. The summed E-state index contributed by atoms with van der Waals surface area (Å²) in [7, 11) is 0. The molecule has 3 nitrogen and oxygen atoms in total. The lowest BCUT2D eigenvalue weighted by Gasteiger charge is -2.27. The van der Waals surface area contributed by atoms with Gasteiger partial charge in [-0.05, 0) is 32.1 Å². The Bertz CT molecular complexity index is 391. The van der Waals surface area contributed by atoms with E-state index in [-0.39, 0.29) is 5.41 Å². The first kappa shape index (κ1) is 10.3. The fraction of sp³-hybridized carbons (Fsp3) is 0.769. The van der Waals surface area contributed by atoms with E-state index in [1.807, 2.05) is 0 Å². The molecule has 16 heavy (non-hydrogen) atoms. The first-order valence-electron chi connectivity index (χ1n) is 6.38. The zero-order chi connectivity index (χ0) is 11.2. The molecule has 1 aromatic rings. The van der Waals surface area contributed by atoms with Crippen LogP contribution in [0.1, 0.15) is 56.5 Å². The third-order valence-corrected chi connectivity index (χ3v) is 3.85. The van der Waals surface area contributed by atoms with Gasteiger partial charge < -0.3 is 9.84 Å². The van der Waals surface area contributed by atoms with Gasteiger partial charge in [0.25, 0.3) is 0 Å². The van der Waals surface area contributed by atoms with E-state index < -0.39 is 0 Å². The Hall–Kier alpha value is -0.830. The molecule has 0 aromatic carbocycles. The lowest BCUT2D eigenvalue weighted by molar-refractivity contribution is 0.286. The predicted molar refractivity (Wildman–Crippen MR) is 62.3 cm³/mol. The average molecular weight is 220 g/mol. The normalized spacial score (nSPS) is 23.1. The lowest BCUT2D eigenvalue weighted by Crippen LogP contribution is -2.23. The van der Waals surface area contributed by atoms with Gasteiger partial charge in [-0.25, -0.2) is 0 Å². The zero-order valence-electron chi connectivity index (χ0n) is 10.2. The van der Waals surface area contributed by atoms with E-state index in [2.05, 4.69) is 24.3 Å². The van der Waals surface area contributed by atoms with Crippen LogP contribution in [-0.4, -0.2) is 11.2 Å². The Morgan fingerprint density at radius 2 is 2.25 bits per heavy atom. The summed E-state index contributed by atoms with van der Waals surface area (Å²) in [4.78, 5) is 0. The predicted octanol–water partition coefficient (Wildman–Crippen LogP) is 2.54. The molecule has 88 valence electrons. The molecule has 2 aliphatic carbocycles. The van der Waals surface area contributed by atoms with Crippen LogP contribution in [0.25, 0.3) is 0 Å². The van der Waals surface area contributed by atoms with Crippen molar-refractivity contribution in [3.8, 4) is 0 Å². The van der Waals surface area contributed by atoms with Crippen LogP contribution in [0.2, 0.25) is 0 Å². The average Bonchev–Trinajstić information content (AvgIpc) is 2.96. The molecule has 0 saturated heterocycles. The van der Waals surface area contributed by atoms with E-state index in [4.69, 9.17) is 4.52 Å². The molecule has 0 radical (unpaired) electrons. The van der Waals surface area contributed by atoms with Crippen LogP contribution in [0, 0.1) is 0 Å². The molecule has 3 rings (SSSR count). The molecule has 1 fully saturated rings. The molecule has 0 bridgehead atoms. The summed E-state index contributed by atoms with van der Waals surface area (Å²) < 4.78 is 5.57. The topological polar surface area (TPSA) is 38.1 Å². The van der Waals surface area contributed by atoms with Crippen LogP contribution in [0.3, 0.4) is 0 Å². The summed E-state index contributed by atoms with van der Waals surface area (Å²) in [5.74, 6) is 1.13. The maximum atomic E-state index is 5.57. The number of fused-ring (bicyclic) bond motifs is 1. The zero-order valence-corrected chi connectivity index (χ0v) is 10.2. The Kier molecular flexibility index (Phi) is 2.32. The van der Waals surface area contributed by atoms with Gasteiger partial charge in [-0.2, -0.15) is 0 Å². The minimum absolute atomic E-state index is 0.179. The first-order chi connectivity index (χ1) is 7.67. The first-order valence-corrected chi connectivity index (χ1v) is 6.38. The van der Waals surface area contributed by atoms with Gasteiger partial charge in [-0.15, -0.1) is 0 Å². The van der Waals surface area contributed by atoms with Gasteiger partial charge >= 0.3 is 0 Å². The van der Waals surface area contributed by atoms with Gasteiger partial charge in [0.1, 0.15) is 11.5 Å². The van der Waals surface area contributed by atoms with E-state index in [1.165, 1.54) is 31.2 Å². The Labute approximate surface area is 96.6 Å². The molecule has 0 unspecified atom stereocenters. The fourth-order valence-electron chi connectivity index (χ4n) is 2.62. The van der Waals surface area contributed by atoms with Crippen molar-refractivity contribution in [3.05, 3.63) is 17.0 Å². The number of rotatable bonds is 3. The van der Waals surface area contributed by atoms with Crippen molar-refractivity contribution in [1.82, 2.24) is 10.5 Å². The molecule has 0 aliphatic heterocycles. The number of hydrogen-bond donors (Lipinski definition) is 1. The summed E-state index contributed by atoms with van der Waals surface area (Å²) in [6.07, 6.45) is 6.27. The van der Waals surface area contributed by atoms with Gasteiger partial charge in [-0.3, -0.25) is 0 Å². The second kappa shape index (κ2) is 3.59. The summed E-state index contributed by atoms with van der Waals surface area (Å²) in [5, 5.41) is 7.77. The highest BCUT2D eigenvalue weighted by Crippen LogP contribution is 2.38. The van der Waals surface area contributed by atoms with E-state index in [0.29, 0.717) is 0 Å². The third-order valence-electron chi connectivity index (χ3n) is 3.85. The van der Waals surface area contributed by atoms with Gasteiger partial charge in [0.15, 0.2) is 0 Å². The molecule has 0 atom stereocenters. The molecule has 0 spiro atoms. The van der Waals surface area contributed by atoms with Crippen LogP contribution in [0.15, 0.2) is 4.52 Å². The summed E-state index contributed by atoms with van der Waals surface area (Å²) >= 11 is 0. The number of nitrogens with zero attached hydrogens (tertiary/aromatic N) is 1. The lowest BCUT2D eigenvalue weighted by atomic mass is 9.77. The van der Waals surface area contributed by atoms with Crippen molar-refractivity contribution in [2.45, 2.75) is 64.0 Å². The standard InChI is InChI=1S/C13H20N2O/c1-13(2)7-3-4-10-11(15-16-12(10)13)8-14-9-5-6-9/h9,14H,3-8H2,1-2H3. The number of nitrogens with one attached hydrogen (secondary N) is 1. The summed E-state index contributed by atoms with van der Waals surface area (Å²) in [6.45, 7) is 5.40. The van der Waals surface area contributed by atoms with Gasteiger partial charge in [0.05, 0.1) is 0 Å². The Morgan fingerprint density at radius 3 is 3.00 bits per heavy atom. The van der Waals surface area contributed by atoms with Crippen LogP contribution >= 0.6 is 0 Å². The second-order valence-corrected chi connectivity index (χ2v) is 5.83. The van der Waals surface area contributed by atoms with E-state index in [0.717, 1.165) is 30.5 Å². The largest absolute Gasteiger partial charge is 0.360 e. The Morgan fingerprint density at radius 1 is 1.44 bits per heavy atom. The van der Waals surface area contributed by atoms with E-state index >= 15 is 0 Å². The van der Waals surface area contributed by atoms with Crippen molar-refractivity contribution in [2.75, 3.05) is 0 Å². The van der Waals surface area contributed by atoms with Crippen LogP contribution in [0.5, 0.6) is 0 Å². The van der Waals surface area contributed by atoms with E-state index in [1.54, 1.807) is 0 Å². The third kappa shape index (κ3) is 1.77. The molecule has 2 aliphatic rings. The highest BCUT2D eigenvalue weighted by atomic mass is 16.5. The molecule has 1 aromatic heterocycles. The Balaban J connectivity index is 1.81. The van der Waals surface area contributed by atoms with Crippen LogP contribution in [-0.2, 0) is 18.4 Å². The van der Waals surface area contributed by atoms with Crippen molar-refractivity contribution < 1.29 is 4.52 Å². The molecule has 1 saturated carbocycles. The van der Waals surface area contributed by atoms with Gasteiger partial charge in [-0.1, -0.05) is 19.0 Å². The summed E-state index contributed by atoms with van der Waals surface area (Å²) in [6, 6.07) is 0.740. The van der Waals surface area contributed by atoms with Gasteiger partial charge in [0, 0.05) is 23.6 Å². The van der Waals surface area contributed by atoms with Crippen LogP contribution in [0.4, 0.5) is 0 Å². The fourth-order valence-corrected chi connectivity index (χ4v) is 2.62. The summed E-state index contributed by atoms with van der Waals surface area (Å²) in [5.41, 5.74) is 2.71. The highest BCUT2D eigenvalue weighted by Gasteiger charge is 2.34. The van der Waals surface area contributed by atoms with E-state index in [9.17, 15) is 0 Å². The molecule has 3 heteroatoms. The van der Waals surface area contributed by atoms with Crippen molar-refractivity contribution >= 4 is 0 Å². The molecule has 1 N–H and O–H groups in total. The van der Waals surface area contributed by atoms with Crippen molar-refractivity contribution in [2.24, 2.45) is 0 Å². The smallest absolute Gasteiger partial charge is 0.145 e. The minimum Gasteiger partial charge on any atom is -0.360 e. The quantitative estimate of drug-likeness (QED) is 0.850. The number of hydrogen-bond acceptors (Lipinski definition) is 3. The van der Waals surface area contributed by atoms with Crippen LogP contribution < -0.4 is 5.32 Å². The van der Waals surface area contributed by atoms with Gasteiger partial charge in [0.2, 0.25) is 0 Å². The van der Waals surface area contributed by atoms with Crippen molar-refractivity contribution in [1.29, 1.82) is 0 Å². The molecule has 0 amide bonds. The monoisotopic (exact) mass is 220 g/mol. The maximum Gasteiger partial charge on any atom is 0.145 e. The molecule has 1 heterocycles. The second-order valence-electron chi connectivity index (χ2n) is 5.83. The minimum atomic E-state index is 0.179. The molecular formula is C13H20N2O. The highest BCUT2D eigenvalue weighted by molar-refractivity contribution is 5.31. The van der Waals surface area contributed by atoms with Crippen molar-refractivity contribution in [3.63, 3.8) is 0 Å². The SMILES string of the molecule is CC1(C)CCCc2c(CNC3CC3)noc21. The maximum absolute atomic E-state index is 5.57. The number of aromatic nitrogens is 1.